The summed E-state index contributed by atoms with van der Waals surface area (Å²) in [5.74, 6) is 0.681. The maximum Gasteiger partial charge on any atom is 0.106 e. The molecule has 0 saturated carbocycles. The van der Waals surface area contributed by atoms with E-state index in [9.17, 15) is 0 Å². The van der Waals surface area contributed by atoms with Gasteiger partial charge in [0.05, 0.1) is 0 Å². The first-order chi connectivity index (χ1) is 8.32. The summed E-state index contributed by atoms with van der Waals surface area (Å²) in [6, 6.07) is 6.70. The van der Waals surface area contributed by atoms with Gasteiger partial charge in [-0.2, -0.15) is 0 Å². The molecule has 0 fully saturated rings. The SMILES string of the molecule is Cc1ccc(C(N)=S)c(N(C)C(C)CC(C)C)c1. The number of anilines is 1. The fourth-order valence-electron chi connectivity index (χ4n) is 2.22. The van der Waals surface area contributed by atoms with Crippen LogP contribution in [-0.4, -0.2) is 18.1 Å². The number of nitrogens with zero attached hydrogens (tertiary/aromatic N) is 1. The van der Waals surface area contributed by atoms with Crippen LogP contribution in [0.25, 0.3) is 0 Å². The van der Waals surface area contributed by atoms with E-state index in [0.29, 0.717) is 16.9 Å². The summed E-state index contributed by atoms with van der Waals surface area (Å²) in [5, 5.41) is 0. The van der Waals surface area contributed by atoms with Crippen LogP contribution in [0.2, 0.25) is 0 Å². The predicted octanol–water partition coefficient (Wildman–Crippen LogP) is 3.50. The van der Waals surface area contributed by atoms with E-state index in [1.165, 1.54) is 5.56 Å². The van der Waals surface area contributed by atoms with E-state index in [2.05, 4.69) is 51.8 Å². The van der Waals surface area contributed by atoms with Gasteiger partial charge < -0.3 is 10.6 Å². The molecule has 0 aliphatic heterocycles. The number of thiocarbonyl (C=S) groups is 1. The third kappa shape index (κ3) is 3.70. The highest BCUT2D eigenvalue weighted by molar-refractivity contribution is 7.80. The average molecular weight is 264 g/mol. The average Bonchev–Trinajstić information content (AvgIpc) is 2.26. The van der Waals surface area contributed by atoms with E-state index >= 15 is 0 Å². The molecule has 3 heteroatoms. The first-order valence-corrected chi connectivity index (χ1v) is 6.87. The van der Waals surface area contributed by atoms with Crippen molar-refractivity contribution < 1.29 is 0 Å². The first-order valence-electron chi connectivity index (χ1n) is 6.46. The molecule has 0 radical (unpaired) electrons. The Bertz CT molecular complexity index is 427. The molecule has 0 amide bonds. The molecule has 2 nitrogen and oxygen atoms in total. The Kier molecular flexibility index (Phi) is 5.15. The van der Waals surface area contributed by atoms with Crippen LogP contribution >= 0.6 is 12.2 Å². The Balaban J connectivity index is 3.06. The highest BCUT2D eigenvalue weighted by Crippen LogP contribution is 2.25. The number of hydrogen-bond acceptors (Lipinski definition) is 2. The first kappa shape index (κ1) is 15.0. The van der Waals surface area contributed by atoms with Crippen LogP contribution < -0.4 is 10.6 Å². The van der Waals surface area contributed by atoms with Crippen molar-refractivity contribution in [2.75, 3.05) is 11.9 Å². The van der Waals surface area contributed by atoms with Crippen LogP contribution in [0.3, 0.4) is 0 Å². The van der Waals surface area contributed by atoms with Crippen LogP contribution in [0.1, 0.15) is 38.3 Å². The van der Waals surface area contributed by atoms with Crippen molar-refractivity contribution in [3.63, 3.8) is 0 Å². The summed E-state index contributed by atoms with van der Waals surface area (Å²) in [6.07, 6.45) is 1.15. The zero-order valence-electron chi connectivity index (χ0n) is 12.0. The summed E-state index contributed by atoms with van der Waals surface area (Å²) < 4.78 is 0. The Morgan fingerprint density at radius 2 is 1.94 bits per heavy atom. The monoisotopic (exact) mass is 264 g/mol. The molecular weight excluding hydrogens is 240 g/mol. The minimum atomic E-state index is 0.466. The van der Waals surface area contributed by atoms with Crippen molar-refractivity contribution in [3.05, 3.63) is 29.3 Å². The Labute approximate surface area is 116 Å². The molecule has 0 spiro atoms. The maximum absolute atomic E-state index is 5.81. The Morgan fingerprint density at radius 1 is 1.33 bits per heavy atom. The van der Waals surface area contributed by atoms with Gasteiger partial charge in [-0.25, -0.2) is 0 Å². The molecule has 18 heavy (non-hydrogen) atoms. The zero-order chi connectivity index (χ0) is 13.9. The van der Waals surface area contributed by atoms with Gasteiger partial charge in [-0.3, -0.25) is 0 Å². The lowest BCUT2D eigenvalue weighted by molar-refractivity contribution is 0.504. The van der Waals surface area contributed by atoms with Crippen molar-refractivity contribution in [1.29, 1.82) is 0 Å². The quantitative estimate of drug-likeness (QED) is 0.825. The van der Waals surface area contributed by atoms with E-state index in [0.717, 1.165) is 17.7 Å². The molecule has 0 bridgehead atoms. The van der Waals surface area contributed by atoms with Crippen LogP contribution in [0.4, 0.5) is 5.69 Å². The molecule has 1 rings (SSSR count). The van der Waals surface area contributed by atoms with Crippen molar-refractivity contribution in [2.45, 2.75) is 40.2 Å². The van der Waals surface area contributed by atoms with Gasteiger partial charge in [-0.1, -0.05) is 32.1 Å². The highest BCUT2D eigenvalue weighted by Gasteiger charge is 2.16. The largest absolute Gasteiger partial charge is 0.389 e. The number of nitrogens with two attached hydrogens (primary N) is 1. The summed E-state index contributed by atoms with van der Waals surface area (Å²) in [4.78, 5) is 2.75. The van der Waals surface area contributed by atoms with E-state index in [-0.39, 0.29) is 0 Å². The van der Waals surface area contributed by atoms with Crippen molar-refractivity contribution in [1.82, 2.24) is 0 Å². The third-order valence-electron chi connectivity index (χ3n) is 3.27. The smallest absolute Gasteiger partial charge is 0.106 e. The van der Waals surface area contributed by atoms with Crippen LogP contribution in [0.5, 0.6) is 0 Å². The lowest BCUT2D eigenvalue weighted by Gasteiger charge is -2.30. The molecule has 0 aliphatic carbocycles. The standard InChI is InChI=1S/C15H24N2S/c1-10(2)8-12(4)17(5)14-9-11(3)6-7-13(14)15(16)18/h6-7,9-10,12H,8H2,1-5H3,(H2,16,18). The molecule has 1 atom stereocenters. The van der Waals surface area contributed by atoms with Gasteiger partial charge in [0.25, 0.3) is 0 Å². The van der Waals surface area contributed by atoms with Crippen LogP contribution in [0.15, 0.2) is 18.2 Å². The fourth-order valence-corrected chi connectivity index (χ4v) is 2.39. The van der Waals surface area contributed by atoms with E-state index < -0.39 is 0 Å². The number of hydrogen-bond donors (Lipinski definition) is 1. The third-order valence-corrected chi connectivity index (χ3v) is 3.49. The van der Waals surface area contributed by atoms with Crippen LogP contribution in [-0.2, 0) is 0 Å². The topological polar surface area (TPSA) is 29.3 Å². The lowest BCUT2D eigenvalue weighted by Crippen LogP contribution is -2.32. The van der Waals surface area contributed by atoms with Crippen molar-refractivity contribution in [3.8, 4) is 0 Å². The molecule has 0 saturated heterocycles. The lowest BCUT2D eigenvalue weighted by atomic mass is 10.0. The fraction of sp³-hybridized carbons (Fsp3) is 0.533. The van der Waals surface area contributed by atoms with Gasteiger partial charge in [-0.15, -0.1) is 0 Å². The Hall–Kier alpha value is -1.09. The van der Waals surface area contributed by atoms with Gasteiger partial charge in [0, 0.05) is 24.3 Å². The number of benzene rings is 1. The Morgan fingerprint density at radius 3 is 2.44 bits per heavy atom. The van der Waals surface area contributed by atoms with Gasteiger partial charge in [0.15, 0.2) is 0 Å². The van der Waals surface area contributed by atoms with Crippen LogP contribution in [0, 0.1) is 12.8 Å². The minimum Gasteiger partial charge on any atom is -0.389 e. The maximum atomic E-state index is 5.81. The van der Waals surface area contributed by atoms with E-state index in [1.54, 1.807) is 0 Å². The van der Waals surface area contributed by atoms with Gasteiger partial charge in [0.2, 0.25) is 0 Å². The number of rotatable bonds is 5. The summed E-state index contributed by atoms with van der Waals surface area (Å²) in [7, 11) is 2.11. The van der Waals surface area contributed by atoms with Gasteiger partial charge in [-0.05, 0) is 43.9 Å². The summed E-state index contributed by atoms with van der Waals surface area (Å²) >= 11 is 5.14. The van der Waals surface area contributed by atoms with Gasteiger partial charge in [0.1, 0.15) is 4.99 Å². The molecule has 0 heterocycles. The number of aryl methyl sites for hydroxylation is 1. The van der Waals surface area contributed by atoms with Crippen molar-refractivity contribution >= 4 is 22.9 Å². The van der Waals surface area contributed by atoms with E-state index in [4.69, 9.17) is 18.0 Å². The molecule has 1 aromatic rings. The normalized spacial score (nSPS) is 12.6. The molecule has 2 N–H and O–H groups in total. The minimum absolute atomic E-state index is 0.466. The molecule has 100 valence electrons. The summed E-state index contributed by atoms with van der Waals surface area (Å²) in [6.45, 7) is 8.82. The summed E-state index contributed by atoms with van der Waals surface area (Å²) in [5.41, 5.74) is 9.14. The second kappa shape index (κ2) is 6.19. The molecular formula is C15H24N2S. The zero-order valence-corrected chi connectivity index (χ0v) is 12.8. The molecule has 1 aromatic carbocycles. The predicted molar refractivity (Wildman–Crippen MR) is 84.4 cm³/mol. The highest BCUT2D eigenvalue weighted by atomic mass is 32.1. The second-order valence-electron chi connectivity index (χ2n) is 5.47. The molecule has 1 unspecified atom stereocenters. The molecule has 0 aromatic heterocycles. The molecule has 0 aliphatic rings. The second-order valence-corrected chi connectivity index (χ2v) is 5.91. The van der Waals surface area contributed by atoms with Crippen molar-refractivity contribution in [2.24, 2.45) is 11.7 Å². The van der Waals surface area contributed by atoms with Gasteiger partial charge >= 0.3 is 0 Å². The van der Waals surface area contributed by atoms with E-state index in [1.807, 2.05) is 6.07 Å².